The summed E-state index contributed by atoms with van der Waals surface area (Å²) in [5.74, 6) is 0.652. The molecular formula is C23H35N3O5. The van der Waals surface area contributed by atoms with Gasteiger partial charge in [-0.1, -0.05) is 17.7 Å². The van der Waals surface area contributed by atoms with Crippen LogP contribution in [0.3, 0.4) is 0 Å². The molecule has 0 aromatic heterocycles. The first-order chi connectivity index (χ1) is 14.8. The Kier molecular flexibility index (Phi) is 7.78. The van der Waals surface area contributed by atoms with Crippen molar-refractivity contribution in [1.82, 2.24) is 14.7 Å². The summed E-state index contributed by atoms with van der Waals surface area (Å²) in [6, 6.07) is 7.96. The van der Waals surface area contributed by atoms with Crippen LogP contribution in [-0.2, 0) is 9.53 Å². The van der Waals surface area contributed by atoms with E-state index in [-0.39, 0.29) is 31.2 Å². The highest BCUT2D eigenvalue weighted by Gasteiger charge is 2.39. The summed E-state index contributed by atoms with van der Waals surface area (Å²) in [7, 11) is 0. The van der Waals surface area contributed by atoms with Gasteiger partial charge in [-0.3, -0.25) is 9.69 Å². The van der Waals surface area contributed by atoms with E-state index in [0.717, 1.165) is 18.4 Å². The molecule has 2 heterocycles. The zero-order valence-corrected chi connectivity index (χ0v) is 18.9. The van der Waals surface area contributed by atoms with Crippen LogP contribution in [-0.4, -0.2) is 95.9 Å². The van der Waals surface area contributed by atoms with Crippen LogP contribution in [0.15, 0.2) is 24.3 Å². The summed E-state index contributed by atoms with van der Waals surface area (Å²) in [5.41, 5.74) is -0.0330. The fourth-order valence-corrected chi connectivity index (χ4v) is 4.34. The molecular weight excluding hydrogens is 398 g/mol. The second-order valence-corrected chi connectivity index (χ2v) is 8.65. The Balaban J connectivity index is 1.65. The molecule has 2 saturated heterocycles. The maximum atomic E-state index is 12.1. The van der Waals surface area contributed by atoms with Gasteiger partial charge in [0.15, 0.2) is 0 Å². The van der Waals surface area contributed by atoms with E-state index in [4.69, 9.17) is 9.47 Å². The molecule has 8 nitrogen and oxygen atoms in total. The summed E-state index contributed by atoms with van der Waals surface area (Å²) >= 11 is 0. The van der Waals surface area contributed by atoms with Crippen molar-refractivity contribution in [3.8, 4) is 5.75 Å². The van der Waals surface area contributed by atoms with Gasteiger partial charge >= 0.3 is 6.09 Å². The van der Waals surface area contributed by atoms with Gasteiger partial charge in [-0.25, -0.2) is 4.79 Å². The van der Waals surface area contributed by atoms with Crippen LogP contribution in [0.25, 0.3) is 0 Å². The minimum atomic E-state index is -1.18. The molecule has 0 spiro atoms. The van der Waals surface area contributed by atoms with Crippen LogP contribution >= 0.6 is 0 Å². The van der Waals surface area contributed by atoms with Gasteiger partial charge in [-0.05, 0) is 38.8 Å². The molecule has 31 heavy (non-hydrogen) atoms. The second-order valence-electron chi connectivity index (χ2n) is 8.65. The highest BCUT2D eigenvalue weighted by molar-refractivity contribution is 5.73. The van der Waals surface area contributed by atoms with Crippen molar-refractivity contribution in [1.29, 1.82) is 0 Å². The van der Waals surface area contributed by atoms with Gasteiger partial charge in [0.1, 0.15) is 18.0 Å². The van der Waals surface area contributed by atoms with Crippen LogP contribution in [0.5, 0.6) is 5.75 Å². The number of aryl methyl sites for hydroxylation is 1. The lowest BCUT2D eigenvalue weighted by Crippen LogP contribution is -2.55. The number of carbonyl (C=O) groups is 2. The van der Waals surface area contributed by atoms with Gasteiger partial charge in [-0.2, -0.15) is 0 Å². The maximum Gasteiger partial charge on any atom is 0.409 e. The summed E-state index contributed by atoms with van der Waals surface area (Å²) in [4.78, 5) is 29.8. The number of nitrogens with zero attached hydrogens (tertiary/aromatic N) is 3. The van der Waals surface area contributed by atoms with Gasteiger partial charge in [-0.15, -0.1) is 0 Å². The molecule has 2 fully saturated rings. The van der Waals surface area contributed by atoms with Crippen molar-refractivity contribution in [2.24, 2.45) is 0 Å². The standard InChI is InChI=1S/C23H35N3O5/c1-4-30-22(28)24-11-9-20(10-12-24)26-14-13-25(19(3)27)15-23(29,16-26)17-31-21-7-5-18(2)6-8-21/h5-8,20,29H,4,9-17H2,1-3H3/t23-/m0/s1. The summed E-state index contributed by atoms with van der Waals surface area (Å²) < 4.78 is 11.0. The quantitative estimate of drug-likeness (QED) is 0.764. The Morgan fingerprint density at radius 1 is 1.06 bits per heavy atom. The van der Waals surface area contributed by atoms with E-state index in [9.17, 15) is 14.7 Å². The number of benzene rings is 1. The number of amides is 2. The SMILES string of the molecule is CCOC(=O)N1CCC(N2CCN(C(C)=O)C[C@@](O)(COc3ccc(C)cc3)C2)CC1. The topological polar surface area (TPSA) is 82.6 Å². The van der Waals surface area contributed by atoms with Crippen molar-refractivity contribution in [2.75, 3.05) is 52.5 Å². The molecule has 2 aliphatic heterocycles. The average molecular weight is 434 g/mol. The number of hydrogen-bond acceptors (Lipinski definition) is 6. The lowest BCUT2D eigenvalue weighted by atomic mass is 9.99. The zero-order chi connectivity index (χ0) is 22.4. The predicted octanol–water partition coefficient (Wildman–Crippen LogP) is 1.89. The third kappa shape index (κ3) is 6.33. The molecule has 0 aliphatic carbocycles. The number of hydrogen-bond donors (Lipinski definition) is 1. The Labute approximate surface area is 184 Å². The minimum absolute atomic E-state index is 0.0484. The number of rotatable bonds is 5. The van der Waals surface area contributed by atoms with Gasteiger partial charge in [0.2, 0.25) is 5.91 Å². The number of carbonyl (C=O) groups excluding carboxylic acids is 2. The average Bonchev–Trinajstić information content (AvgIpc) is 2.93. The van der Waals surface area contributed by atoms with E-state index < -0.39 is 5.60 Å². The summed E-state index contributed by atoms with van der Waals surface area (Å²) in [6.07, 6.45) is 1.37. The Bertz CT molecular complexity index is 748. The lowest BCUT2D eigenvalue weighted by Gasteiger charge is -2.40. The first-order valence-electron chi connectivity index (χ1n) is 11.1. The van der Waals surface area contributed by atoms with Gasteiger partial charge in [0.05, 0.1) is 13.2 Å². The fraction of sp³-hybridized carbons (Fsp3) is 0.652. The van der Waals surface area contributed by atoms with Crippen LogP contribution < -0.4 is 4.74 Å². The van der Waals surface area contributed by atoms with Crippen molar-refractivity contribution in [3.05, 3.63) is 29.8 Å². The van der Waals surface area contributed by atoms with Crippen LogP contribution in [0.2, 0.25) is 0 Å². The monoisotopic (exact) mass is 433 g/mol. The molecule has 1 N–H and O–H groups in total. The molecule has 2 amide bonds. The highest BCUT2D eigenvalue weighted by Crippen LogP contribution is 2.24. The fourth-order valence-electron chi connectivity index (χ4n) is 4.34. The second kappa shape index (κ2) is 10.3. The van der Waals surface area contributed by atoms with E-state index in [2.05, 4.69) is 4.90 Å². The molecule has 0 radical (unpaired) electrons. The smallest absolute Gasteiger partial charge is 0.409 e. The number of β-amino-alcohol motifs (C(OH)–C–C–N with tert-alkyl or cyclic N) is 1. The number of piperidine rings is 1. The van der Waals surface area contributed by atoms with Crippen LogP contribution in [0.4, 0.5) is 4.79 Å². The van der Waals surface area contributed by atoms with Crippen molar-refractivity contribution in [2.45, 2.75) is 45.3 Å². The Hall–Kier alpha value is -2.32. The lowest BCUT2D eigenvalue weighted by molar-refractivity contribution is -0.132. The van der Waals surface area contributed by atoms with Gasteiger partial charge < -0.3 is 24.4 Å². The minimum Gasteiger partial charge on any atom is -0.490 e. The molecule has 1 atom stereocenters. The maximum absolute atomic E-state index is 12.1. The van der Waals surface area contributed by atoms with E-state index in [0.29, 0.717) is 45.1 Å². The van der Waals surface area contributed by atoms with E-state index in [1.807, 2.05) is 38.1 Å². The Morgan fingerprint density at radius 3 is 2.35 bits per heavy atom. The molecule has 2 aliphatic rings. The number of aliphatic hydroxyl groups is 1. The third-order valence-electron chi connectivity index (χ3n) is 6.12. The van der Waals surface area contributed by atoms with E-state index in [1.165, 1.54) is 6.92 Å². The third-order valence-corrected chi connectivity index (χ3v) is 6.12. The molecule has 8 heteroatoms. The van der Waals surface area contributed by atoms with Crippen molar-refractivity contribution >= 4 is 12.0 Å². The highest BCUT2D eigenvalue weighted by atomic mass is 16.6. The molecule has 1 aromatic carbocycles. The van der Waals surface area contributed by atoms with Crippen molar-refractivity contribution < 1.29 is 24.2 Å². The van der Waals surface area contributed by atoms with Crippen LogP contribution in [0.1, 0.15) is 32.3 Å². The molecule has 0 bridgehead atoms. The molecule has 1 aromatic rings. The summed E-state index contributed by atoms with van der Waals surface area (Å²) in [5, 5.41) is 11.5. The van der Waals surface area contributed by atoms with Crippen LogP contribution in [0, 0.1) is 6.92 Å². The largest absolute Gasteiger partial charge is 0.490 e. The predicted molar refractivity (Wildman–Crippen MR) is 117 cm³/mol. The Morgan fingerprint density at radius 2 is 1.74 bits per heavy atom. The van der Waals surface area contributed by atoms with Gasteiger partial charge in [0.25, 0.3) is 0 Å². The number of ether oxygens (including phenoxy) is 2. The summed E-state index contributed by atoms with van der Waals surface area (Å²) in [6.45, 7) is 9.03. The molecule has 3 rings (SSSR count). The van der Waals surface area contributed by atoms with E-state index in [1.54, 1.807) is 9.80 Å². The number of likely N-dealkylation sites (tertiary alicyclic amines) is 1. The molecule has 172 valence electrons. The molecule has 0 unspecified atom stereocenters. The van der Waals surface area contributed by atoms with Gasteiger partial charge in [0, 0.05) is 45.7 Å². The zero-order valence-electron chi connectivity index (χ0n) is 18.9. The first-order valence-corrected chi connectivity index (χ1v) is 11.1. The molecule has 0 saturated carbocycles. The normalized spacial score (nSPS) is 23.4. The van der Waals surface area contributed by atoms with Crippen molar-refractivity contribution in [3.63, 3.8) is 0 Å². The first kappa shape index (κ1) is 23.3. The van der Waals surface area contributed by atoms with E-state index >= 15 is 0 Å².